The Morgan fingerprint density at radius 1 is 0.957 bits per heavy atom. The number of aldehydes is 1. The zero-order chi connectivity index (χ0) is 33.0. The highest BCUT2D eigenvalue weighted by molar-refractivity contribution is 5.67. The number of hydrogen-bond donors (Lipinski definition) is 1. The van der Waals surface area contributed by atoms with E-state index < -0.39 is 53.7 Å². The molecule has 0 unspecified atom stereocenters. The topological polar surface area (TPSA) is 148 Å². The fraction of sp³-hybridized carbons (Fsp3) is 0.771. The molecule has 11 heteroatoms. The number of methoxy groups -OCH3 is 1. The minimum atomic E-state index is -0.949. The zero-order valence-corrected chi connectivity index (χ0v) is 27.5. The fourth-order valence-electron chi connectivity index (χ4n) is 10.5. The molecule has 5 fully saturated rings. The van der Waals surface area contributed by atoms with E-state index >= 15 is 0 Å². The number of aliphatic hydroxyl groups is 1. The van der Waals surface area contributed by atoms with Crippen LogP contribution in [0.3, 0.4) is 0 Å². The number of fused-ring (bicyclic) bond motifs is 5. The Hall–Kier alpha value is -2.60. The van der Waals surface area contributed by atoms with Crippen molar-refractivity contribution in [2.45, 2.75) is 134 Å². The SMILES string of the molecule is CO[C@H]1[C@H](OC(C)=O)[C@@H](O[C@@H]2CC[C@@]3(C=O)[C@@H](CC[C@@H]4[C@@H]3CC[C@]3(C)[C@H](c5ccc(=O)oc5)CC[C@]43O)C2)O[C@@H](C)[C@H]1OC(C)=O. The van der Waals surface area contributed by atoms with E-state index in [9.17, 15) is 24.3 Å². The molecule has 0 spiro atoms. The quantitative estimate of drug-likeness (QED) is 0.260. The molecule has 5 aliphatic rings. The van der Waals surface area contributed by atoms with Crippen molar-refractivity contribution in [2.75, 3.05) is 7.11 Å². The average molecular weight is 645 g/mol. The van der Waals surface area contributed by atoms with Gasteiger partial charge in [0.2, 0.25) is 0 Å². The molecule has 1 aliphatic heterocycles. The van der Waals surface area contributed by atoms with Gasteiger partial charge < -0.3 is 38.0 Å². The second kappa shape index (κ2) is 12.5. The summed E-state index contributed by atoms with van der Waals surface area (Å²) in [6.07, 6.45) is 5.09. The third kappa shape index (κ3) is 5.35. The summed E-state index contributed by atoms with van der Waals surface area (Å²) in [7, 11) is 1.47. The minimum Gasteiger partial charge on any atom is -0.457 e. The molecule has 4 saturated carbocycles. The van der Waals surface area contributed by atoms with Gasteiger partial charge in [0.1, 0.15) is 12.4 Å². The van der Waals surface area contributed by atoms with E-state index in [1.807, 2.05) is 6.07 Å². The van der Waals surface area contributed by atoms with Crippen molar-refractivity contribution in [3.8, 4) is 0 Å². The Bertz CT molecular complexity index is 1360. The fourth-order valence-corrected chi connectivity index (χ4v) is 10.5. The molecule has 0 amide bonds. The molecule has 6 rings (SSSR count). The van der Waals surface area contributed by atoms with Crippen molar-refractivity contribution in [3.63, 3.8) is 0 Å². The molecule has 1 N–H and O–H groups in total. The van der Waals surface area contributed by atoms with Gasteiger partial charge in [-0.1, -0.05) is 6.92 Å². The van der Waals surface area contributed by atoms with Gasteiger partial charge >= 0.3 is 17.6 Å². The Morgan fingerprint density at radius 2 is 1.70 bits per heavy atom. The van der Waals surface area contributed by atoms with E-state index in [2.05, 4.69) is 6.92 Å². The van der Waals surface area contributed by atoms with E-state index in [1.165, 1.54) is 33.3 Å². The smallest absolute Gasteiger partial charge is 0.335 e. The summed E-state index contributed by atoms with van der Waals surface area (Å²) in [4.78, 5) is 48.7. The van der Waals surface area contributed by atoms with Gasteiger partial charge in [0.05, 0.1) is 24.1 Å². The third-order valence-electron chi connectivity index (χ3n) is 12.6. The van der Waals surface area contributed by atoms with Gasteiger partial charge in [0.15, 0.2) is 18.5 Å². The highest BCUT2D eigenvalue weighted by Crippen LogP contribution is 2.70. The van der Waals surface area contributed by atoms with E-state index in [4.69, 9.17) is 28.1 Å². The highest BCUT2D eigenvalue weighted by atomic mass is 16.7. The van der Waals surface area contributed by atoms with E-state index in [0.717, 1.165) is 37.7 Å². The Kier molecular flexibility index (Phi) is 9.01. The molecule has 46 heavy (non-hydrogen) atoms. The molecule has 1 aromatic heterocycles. The molecule has 1 aromatic rings. The zero-order valence-electron chi connectivity index (χ0n) is 27.5. The van der Waals surface area contributed by atoms with Crippen LogP contribution < -0.4 is 5.63 Å². The summed E-state index contributed by atoms with van der Waals surface area (Å²) in [5, 5.41) is 12.5. The first-order valence-corrected chi connectivity index (χ1v) is 16.8. The van der Waals surface area contributed by atoms with Crippen molar-refractivity contribution in [2.24, 2.45) is 28.6 Å². The van der Waals surface area contributed by atoms with Gasteiger partial charge in [-0.2, -0.15) is 0 Å². The molecule has 4 aliphatic carbocycles. The maximum Gasteiger partial charge on any atom is 0.335 e. The second-order valence-electron chi connectivity index (χ2n) is 14.7. The number of carbonyl (C=O) groups is 3. The summed E-state index contributed by atoms with van der Waals surface area (Å²) in [6.45, 7) is 6.55. The lowest BCUT2D eigenvalue weighted by Crippen LogP contribution is -2.63. The summed E-state index contributed by atoms with van der Waals surface area (Å²) in [6, 6.07) is 3.29. The lowest BCUT2D eigenvalue weighted by Gasteiger charge is -2.63. The summed E-state index contributed by atoms with van der Waals surface area (Å²) < 4.78 is 34.7. The van der Waals surface area contributed by atoms with Crippen LogP contribution in [0.2, 0.25) is 0 Å². The largest absolute Gasteiger partial charge is 0.457 e. The number of esters is 2. The van der Waals surface area contributed by atoms with Gasteiger partial charge in [0.25, 0.3) is 0 Å². The molecule has 0 aromatic carbocycles. The van der Waals surface area contributed by atoms with Crippen LogP contribution in [0.15, 0.2) is 27.6 Å². The van der Waals surface area contributed by atoms with Gasteiger partial charge in [-0.15, -0.1) is 0 Å². The molecule has 13 atom stereocenters. The normalized spacial score (nSPS) is 45.1. The average Bonchev–Trinajstić information content (AvgIpc) is 3.30. The maximum atomic E-state index is 13.2. The minimum absolute atomic E-state index is 0.00225. The van der Waals surface area contributed by atoms with Crippen molar-refractivity contribution < 1.29 is 47.6 Å². The van der Waals surface area contributed by atoms with E-state index in [0.29, 0.717) is 25.7 Å². The monoisotopic (exact) mass is 644 g/mol. The predicted molar refractivity (Wildman–Crippen MR) is 162 cm³/mol. The summed E-state index contributed by atoms with van der Waals surface area (Å²) in [5.74, 6) is -0.795. The Morgan fingerprint density at radius 3 is 2.35 bits per heavy atom. The Balaban J connectivity index is 1.19. The van der Waals surface area contributed by atoms with Crippen LogP contribution in [-0.4, -0.2) is 72.9 Å². The lowest BCUT2D eigenvalue weighted by molar-refractivity contribution is -0.316. The van der Waals surface area contributed by atoms with Gasteiger partial charge in [-0.05, 0) is 100 Å². The van der Waals surface area contributed by atoms with Crippen LogP contribution in [0.5, 0.6) is 0 Å². The first-order valence-electron chi connectivity index (χ1n) is 16.8. The van der Waals surface area contributed by atoms with Gasteiger partial charge in [0, 0.05) is 37.9 Å². The first-order chi connectivity index (χ1) is 21.9. The molecule has 0 bridgehead atoms. The second-order valence-corrected chi connectivity index (χ2v) is 14.7. The summed E-state index contributed by atoms with van der Waals surface area (Å²) in [5.41, 5.74) is -1.28. The number of hydrogen-bond acceptors (Lipinski definition) is 11. The number of rotatable bonds is 7. The Labute approximate surface area is 269 Å². The van der Waals surface area contributed by atoms with Crippen LogP contribution in [-0.2, 0) is 38.1 Å². The van der Waals surface area contributed by atoms with E-state index in [-0.39, 0.29) is 40.8 Å². The number of carbonyl (C=O) groups excluding carboxylic acids is 3. The van der Waals surface area contributed by atoms with Crippen molar-refractivity contribution in [3.05, 3.63) is 34.4 Å². The molecular weight excluding hydrogens is 596 g/mol. The molecular formula is C35H48O11. The van der Waals surface area contributed by atoms with Crippen molar-refractivity contribution >= 4 is 18.2 Å². The van der Waals surface area contributed by atoms with Crippen molar-refractivity contribution in [1.82, 2.24) is 0 Å². The first kappa shape index (κ1) is 33.3. The molecule has 254 valence electrons. The van der Waals surface area contributed by atoms with Crippen LogP contribution in [0.25, 0.3) is 0 Å². The standard InChI is InChI=1S/C35H48O11/c1-19-29(44-20(2)37)30(41-5)31(45-21(3)38)32(43-19)46-24-10-14-34(18-36)23(16-24)7-8-27-26(34)11-13-33(4)25(12-15-35(27,33)40)22-6-9-28(39)42-17-22/h6,9,17-19,23-27,29-32,40H,7-8,10-16H2,1-5H3/t19-,23-,24+,25-,26-,27+,29+,30+,31-,32+,33+,34+,35-/m0/s1. The number of ether oxygens (including phenoxy) is 5. The van der Waals surface area contributed by atoms with Gasteiger partial charge in [-0.3, -0.25) is 9.59 Å². The molecule has 11 nitrogen and oxygen atoms in total. The van der Waals surface area contributed by atoms with Crippen LogP contribution in [0.1, 0.15) is 97.0 Å². The van der Waals surface area contributed by atoms with Crippen LogP contribution in [0.4, 0.5) is 0 Å². The highest BCUT2D eigenvalue weighted by Gasteiger charge is 2.68. The third-order valence-corrected chi connectivity index (χ3v) is 12.6. The summed E-state index contributed by atoms with van der Waals surface area (Å²) >= 11 is 0. The van der Waals surface area contributed by atoms with Crippen LogP contribution in [0, 0.1) is 28.6 Å². The molecule has 1 saturated heterocycles. The molecule has 0 radical (unpaired) electrons. The molecule has 2 heterocycles. The lowest BCUT2D eigenvalue weighted by atomic mass is 9.43. The van der Waals surface area contributed by atoms with Crippen molar-refractivity contribution in [1.29, 1.82) is 0 Å². The van der Waals surface area contributed by atoms with Gasteiger partial charge in [-0.25, -0.2) is 4.79 Å². The van der Waals surface area contributed by atoms with Crippen LogP contribution >= 0.6 is 0 Å². The predicted octanol–water partition coefficient (Wildman–Crippen LogP) is 4.07. The maximum absolute atomic E-state index is 13.2. The van der Waals surface area contributed by atoms with E-state index in [1.54, 1.807) is 13.2 Å².